The molecular weight excluding hydrogens is 280 g/mol. The topological polar surface area (TPSA) is 36.9 Å². The molecule has 0 spiro atoms. The molecule has 0 radical (unpaired) electrons. The zero-order valence-corrected chi connectivity index (χ0v) is 12.9. The summed E-state index contributed by atoms with van der Waals surface area (Å²) in [5.74, 6) is 0.755. The Balaban J connectivity index is 1.78. The average Bonchev–Trinajstić information content (AvgIpc) is 2.74. The van der Waals surface area contributed by atoms with E-state index in [4.69, 9.17) is 18.9 Å². The number of benzene rings is 1. The van der Waals surface area contributed by atoms with Crippen molar-refractivity contribution >= 4 is 0 Å². The Morgan fingerprint density at radius 2 is 1.86 bits per heavy atom. The molecule has 118 valence electrons. The summed E-state index contributed by atoms with van der Waals surface area (Å²) in [6.07, 6.45) is 2.59. The molecule has 0 bridgehead atoms. The summed E-state index contributed by atoms with van der Waals surface area (Å²) in [5.41, 5.74) is 2.26. The van der Waals surface area contributed by atoms with Crippen LogP contribution in [0.5, 0.6) is 0 Å². The second-order valence-corrected chi connectivity index (χ2v) is 5.82. The first-order valence-corrected chi connectivity index (χ1v) is 7.70. The standard InChI is InChI=1S/C18H22O4/c1-12-8-9-16(21-14(3)20-12)10-18-17-7-5-4-6-15(17)11-19-13(2)22-18/h4-7,12,16,18H,2-3,8-11H2,1H3. The van der Waals surface area contributed by atoms with E-state index < -0.39 is 0 Å². The van der Waals surface area contributed by atoms with Gasteiger partial charge in [-0.1, -0.05) is 24.3 Å². The molecule has 1 aromatic rings. The minimum atomic E-state index is -0.127. The number of hydrogen-bond donors (Lipinski definition) is 0. The SMILES string of the molecule is C=C1OC(C)CCC(CC2OC(=C)OCc3ccccc32)O1. The lowest BCUT2D eigenvalue weighted by Gasteiger charge is -2.23. The largest absolute Gasteiger partial charge is 0.463 e. The quantitative estimate of drug-likeness (QED) is 0.821. The van der Waals surface area contributed by atoms with Crippen molar-refractivity contribution in [3.63, 3.8) is 0 Å². The monoisotopic (exact) mass is 302 g/mol. The zero-order chi connectivity index (χ0) is 15.5. The fourth-order valence-corrected chi connectivity index (χ4v) is 2.95. The molecule has 2 aliphatic heterocycles. The van der Waals surface area contributed by atoms with Gasteiger partial charge in [-0.3, -0.25) is 0 Å². The number of hydrogen-bond acceptors (Lipinski definition) is 4. The van der Waals surface area contributed by atoms with Crippen molar-refractivity contribution in [2.45, 2.75) is 51.1 Å². The van der Waals surface area contributed by atoms with Crippen LogP contribution in [0.15, 0.2) is 49.3 Å². The Morgan fingerprint density at radius 1 is 1.05 bits per heavy atom. The van der Waals surface area contributed by atoms with Gasteiger partial charge in [0.25, 0.3) is 11.9 Å². The Hall–Kier alpha value is -2.10. The summed E-state index contributed by atoms with van der Waals surface area (Å²) >= 11 is 0. The molecule has 0 amide bonds. The van der Waals surface area contributed by atoms with Gasteiger partial charge in [0.05, 0.1) is 6.10 Å². The van der Waals surface area contributed by atoms with Gasteiger partial charge in [0, 0.05) is 6.42 Å². The van der Waals surface area contributed by atoms with Crippen molar-refractivity contribution in [1.82, 2.24) is 0 Å². The molecule has 4 heteroatoms. The van der Waals surface area contributed by atoms with Gasteiger partial charge in [0.15, 0.2) is 0 Å². The normalized spacial score (nSPS) is 28.1. The second kappa shape index (κ2) is 6.34. The molecule has 22 heavy (non-hydrogen) atoms. The molecule has 0 N–H and O–H groups in total. The van der Waals surface area contributed by atoms with Gasteiger partial charge in [-0.15, -0.1) is 0 Å². The molecule has 3 unspecified atom stereocenters. The second-order valence-electron chi connectivity index (χ2n) is 5.82. The van der Waals surface area contributed by atoms with Crippen LogP contribution in [-0.4, -0.2) is 12.2 Å². The molecule has 2 aliphatic rings. The fourth-order valence-electron chi connectivity index (χ4n) is 2.95. The predicted octanol–water partition coefficient (Wildman–Crippen LogP) is 4.19. The highest BCUT2D eigenvalue weighted by Crippen LogP contribution is 2.35. The molecular formula is C18H22O4. The Kier molecular flexibility index (Phi) is 4.27. The van der Waals surface area contributed by atoms with Gasteiger partial charge in [-0.05, 0) is 44.1 Å². The zero-order valence-electron chi connectivity index (χ0n) is 12.9. The van der Waals surface area contributed by atoms with E-state index in [9.17, 15) is 0 Å². The molecule has 2 heterocycles. The van der Waals surface area contributed by atoms with Gasteiger partial charge < -0.3 is 18.9 Å². The van der Waals surface area contributed by atoms with E-state index in [1.807, 2.05) is 19.1 Å². The van der Waals surface area contributed by atoms with Crippen LogP contribution in [-0.2, 0) is 25.6 Å². The fraction of sp³-hybridized carbons (Fsp3) is 0.444. The molecule has 3 atom stereocenters. The van der Waals surface area contributed by atoms with E-state index in [-0.39, 0.29) is 18.3 Å². The summed E-state index contributed by atoms with van der Waals surface area (Å²) < 4.78 is 22.7. The maximum atomic E-state index is 5.88. The van der Waals surface area contributed by atoms with Gasteiger partial charge in [0.1, 0.15) is 18.8 Å². The van der Waals surface area contributed by atoms with Gasteiger partial charge in [-0.25, -0.2) is 0 Å². The lowest BCUT2D eigenvalue weighted by Crippen LogP contribution is -2.17. The Morgan fingerprint density at radius 3 is 2.73 bits per heavy atom. The van der Waals surface area contributed by atoms with Crippen molar-refractivity contribution in [1.29, 1.82) is 0 Å². The highest BCUT2D eigenvalue weighted by molar-refractivity contribution is 5.30. The third-order valence-corrected chi connectivity index (χ3v) is 4.07. The molecule has 1 saturated heterocycles. The molecule has 0 saturated carbocycles. The first kappa shape index (κ1) is 14.8. The first-order valence-electron chi connectivity index (χ1n) is 7.70. The Labute approximate surface area is 131 Å². The van der Waals surface area contributed by atoms with Crippen LogP contribution < -0.4 is 0 Å². The minimum Gasteiger partial charge on any atom is -0.463 e. The van der Waals surface area contributed by atoms with Crippen LogP contribution in [0.2, 0.25) is 0 Å². The van der Waals surface area contributed by atoms with Crippen LogP contribution >= 0.6 is 0 Å². The highest BCUT2D eigenvalue weighted by atomic mass is 16.7. The van der Waals surface area contributed by atoms with Gasteiger partial charge in [0.2, 0.25) is 0 Å². The number of ether oxygens (including phenoxy) is 4. The summed E-state index contributed by atoms with van der Waals surface area (Å²) in [6.45, 7) is 10.2. The van der Waals surface area contributed by atoms with E-state index in [2.05, 4.69) is 25.3 Å². The maximum Gasteiger partial charge on any atom is 0.272 e. The highest BCUT2D eigenvalue weighted by Gasteiger charge is 2.28. The van der Waals surface area contributed by atoms with E-state index in [1.54, 1.807) is 0 Å². The smallest absolute Gasteiger partial charge is 0.272 e. The summed E-state index contributed by atoms with van der Waals surface area (Å²) in [7, 11) is 0. The summed E-state index contributed by atoms with van der Waals surface area (Å²) in [5, 5.41) is 0. The van der Waals surface area contributed by atoms with Crippen molar-refractivity contribution in [2.75, 3.05) is 0 Å². The van der Waals surface area contributed by atoms with Crippen molar-refractivity contribution in [3.05, 3.63) is 60.4 Å². The molecule has 0 aliphatic carbocycles. The van der Waals surface area contributed by atoms with Crippen molar-refractivity contribution < 1.29 is 18.9 Å². The maximum absolute atomic E-state index is 5.88. The van der Waals surface area contributed by atoms with Crippen LogP contribution in [0.3, 0.4) is 0 Å². The third kappa shape index (κ3) is 3.38. The predicted molar refractivity (Wildman–Crippen MR) is 82.6 cm³/mol. The van der Waals surface area contributed by atoms with Crippen molar-refractivity contribution in [3.8, 4) is 0 Å². The Bertz CT molecular complexity index is 566. The average molecular weight is 302 g/mol. The van der Waals surface area contributed by atoms with Crippen LogP contribution in [0.25, 0.3) is 0 Å². The third-order valence-electron chi connectivity index (χ3n) is 4.07. The number of rotatable bonds is 2. The van der Waals surface area contributed by atoms with E-state index in [0.29, 0.717) is 24.9 Å². The van der Waals surface area contributed by atoms with Crippen molar-refractivity contribution in [2.24, 2.45) is 0 Å². The summed E-state index contributed by atoms with van der Waals surface area (Å²) in [4.78, 5) is 0. The van der Waals surface area contributed by atoms with E-state index >= 15 is 0 Å². The lowest BCUT2D eigenvalue weighted by atomic mass is 9.96. The van der Waals surface area contributed by atoms with E-state index in [1.165, 1.54) is 0 Å². The van der Waals surface area contributed by atoms with Gasteiger partial charge in [-0.2, -0.15) is 0 Å². The minimum absolute atomic E-state index is 0.0152. The molecule has 1 aromatic carbocycles. The molecule has 3 rings (SSSR count). The van der Waals surface area contributed by atoms with Crippen LogP contribution in [0.1, 0.15) is 43.4 Å². The van der Waals surface area contributed by atoms with E-state index in [0.717, 1.165) is 24.0 Å². The lowest BCUT2D eigenvalue weighted by molar-refractivity contribution is -0.0442. The summed E-state index contributed by atoms with van der Waals surface area (Å²) in [6, 6.07) is 8.16. The van der Waals surface area contributed by atoms with Crippen LogP contribution in [0.4, 0.5) is 0 Å². The molecule has 0 aromatic heterocycles. The first-order chi connectivity index (χ1) is 10.6. The van der Waals surface area contributed by atoms with Gasteiger partial charge >= 0.3 is 0 Å². The molecule has 1 fully saturated rings. The van der Waals surface area contributed by atoms with Crippen LogP contribution in [0, 0.1) is 0 Å². The number of fused-ring (bicyclic) bond motifs is 1. The molecule has 4 nitrogen and oxygen atoms in total.